The van der Waals surface area contributed by atoms with Crippen molar-refractivity contribution in [1.29, 1.82) is 0 Å². The summed E-state index contributed by atoms with van der Waals surface area (Å²) in [6.45, 7) is 7.02. The molecule has 0 aliphatic heterocycles. The molecule has 3 amide bonds. The van der Waals surface area contributed by atoms with E-state index in [4.69, 9.17) is 5.73 Å². The number of carbonyl (C=O) groups excluding carboxylic acids is 3. The Hall–Kier alpha value is -4.38. The number of amides is 3. The Balaban J connectivity index is 1.77. The summed E-state index contributed by atoms with van der Waals surface area (Å²) in [7, 11) is 0. The molecule has 3 aromatic rings. The first-order valence-corrected chi connectivity index (χ1v) is 13.6. The standard InChI is InChI=1S/C30H39N5O6/c1-16(2)25(31)28(38)33-23(13-18-9-11-20(36)12-10-18)27(37)35-26(17(3)4)29(39)34-24(30(40)41)14-19-15-32-22-8-6-5-7-21(19)22/h5-12,15-17,23-26,32,36H,13-14,31H2,1-4H3,(H,33,38)(H,34,39)(H,35,37)(H,40,41). The van der Waals surface area contributed by atoms with Crippen LogP contribution in [0.25, 0.3) is 10.9 Å². The molecule has 41 heavy (non-hydrogen) atoms. The predicted octanol–water partition coefficient (Wildman–Crippen LogP) is 1.84. The van der Waals surface area contributed by atoms with Gasteiger partial charge in [0.1, 0.15) is 23.9 Å². The van der Waals surface area contributed by atoms with Crippen LogP contribution in [0.1, 0.15) is 38.8 Å². The predicted molar refractivity (Wildman–Crippen MR) is 155 cm³/mol. The molecule has 3 rings (SSSR count). The van der Waals surface area contributed by atoms with Gasteiger partial charge in [-0.15, -0.1) is 0 Å². The molecular formula is C30H39N5O6. The minimum absolute atomic E-state index is 0.0382. The van der Waals surface area contributed by atoms with Gasteiger partial charge in [0.25, 0.3) is 0 Å². The number of aliphatic carboxylic acids is 1. The van der Waals surface area contributed by atoms with Crippen molar-refractivity contribution in [3.8, 4) is 5.75 Å². The largest absolute Gasteiger partial charge is 0.508 e. The lowest BCUT2D eigenvalue weighted by molar-refractivity contribution is -0.142. The van der Waals surface area contributed by atoms with Crippen molar-refractivity contribution in [1.82, 2.24) is 20.9 Å². The molecule has 0 bridgehead atoms. The van der Waals surface area contributed by atoms with E-state index in [-0.39, 0.29) is 24.5 Å². The number of benzene rings is 2. The number of phenolic OH excluding ortho intramolecular Hbond substituents is 1. The third kappa shape index (κ3) is 8.31. The molecule has 0 saturated heterocycles. The number of aromatic hydroxyl groups is 1. The van der Waals surface area contributed by atoms with Crippen LogP contribution in [-0.2, 0) is 32.0 Å². The van der Waals surface area contributed by atoms with Gasteiger partial charge in [0.15, 0.2) is 0 Å². The minimum Gasteiger partial charge on any atom is -0.508 e. The van der Waals surface area contributed by atoms with E-state index in [1.165, 1.54) is 12.1 Å². The first kappa shape index (κ1) is 31.2. The van der Waals surface area contributed by atoms with Crippen LogP contribution >= 0.6 is 0 Å². The third-order valence-electron chi connectivity index (χ3n) is 6.99. The first-order valence-electron chi connectivity index (χ1n) is 13.6. The summed E-state index contributed by atoms with van der Waals surface area (Å²) >= 11 is 0. The number of aromatic amines is 1. The highest BCUT2D eigenvalue weighted by atomic mass is 16.4. The Morgan fingerprint density at radius 2 is 1.44 bits per heavy atom. The molecule has 4 unspecified atom stereocenters. The van der Waals surface area contributed by atoms with Crippen molar-refractivity contribution in [3.63, 3.8) is 0 Å². The number of carbonyl (C=O) groups is 4. The molecule has 11 nitrogen and oxygen atoms in total. The number of aromatic nitrogens is 1. The summed E-state index contributed by atoms with van der Waals surface area (Å²) in [5.74, 6) is -3.53. The van der Waals surface area contributed by atoms with E-state index in [9.17, 15) is 29.4 Å². The number of carboxylic acids is 1. The summed E-state index contributed by atoms with van der Waals surface area (Å²) in [4.78, 5) is 54.8. The first-order chi connectivity index (χ1) is 19.4. The molecule has 0 aliphatic carbocycles. The molecule has 0 radical (unpaired) electrons. The van der Waals surface area contributed by atoms with E-state index >= 15 is 0 Å². The van der Waals surface area contributed by atoms with Crippen LogP contribution in [-0.4, -0.2) is 63.1 Å². The number of rotatable bonds is 13. The number of H-pyrrole nitrogens is 1. The average molecular weight is 566 g/mol. The molecule has 8 N–H and O–H groups in total. The topological polar surface area (TPSA) is 187 Å². The molecule has 0 spiro atoms. The Morgan fingerprint density at radius 1 is 0.805 bits per heavy atom. The Bertz CT molecular complexity index is 1370. The monoisotopic (exact) mass is 565 g/mol. The van der Waals surface area contributed by atoms with Crippen LogP contribution in [0.3, 0.4) is 0 Å². The third-order valence-corrected chi connectivity index (χ3v) is 6.99. The van der Waals surface area contributed by atoms with Crippen LogP contribution in [0.15, 0.2) is 54.7 Å². The lowest BCUT2D eigenvalue weighted by Crippen LogP contribution is -2.59. The van der Waals surface area contributed by atoms with E-state index in [2.05, 4.69) is 20.9 Å². The molecule has 0 aliphatic rings. The lowest BCUT2D eigenvalue weighted by atomic mass is 9.99. The summed E-state index contributed by atoms with van der Waals surface area (Å²) in [5, 5.41) is 28.3. The van der Waals surface area contributed by atoms with Gasteiger partial charge in [-0.25, -0.2) is 4.79 Å². The van der Waals surface area contributed by atoms with E-state index in [0.29, 0.717) is 5.56 Å². The second-order valence-electron chi connectivity index (χ2n) is 10.9. The second-order valence-corrected chi connectivity index (χ2v) is 10.9. The molecular weight excluding hydrogens is 526 g/mol. The number of nitrogens with two attached hydrogens (primary N) is 1. The van der Waals surface area contributed by atoms with Gasteiger partial charge < -0.3 is 36.9 Å². The number of phenols is 1. The van der Waals surface area contributed by atoms with Gasteiger partial charge in [0.2, 0.25) is 17.7 Å². The van der Waals surface area contributed by atoms with Crippen LogP contribution in [0.5, 0.6) is 5.75 Å². The van der Waals surface area contributed by atoms with Gasteiger partial charge in [-0.3, -0.25) is 14.4 Å². The van der Waals surface area contributed by atoms with Gasteiger partial charge in [-0.2, -0.15) is 0 Å². The number of fused-ring (bicyclic) bond motifs is 1. The van der Waals surface area contributed by atoms with Crippen molar-refractivity contribution < 1.29 is 29.4 Å². The van der Waals surface area contributed by atoms with Gasteiger partial charge in [0.05, 0.1) is 6.04 Å². The summed E-state index contributed by atoms with van der Waals surface area (Å²) < 4.78 is 0. The fourth-order valence-corrected chi connectivity index (χ4v) is 4.42. The van der Waals surface area contributed by atoms with Gasteiger partial charge in [-0.05, 0) is 41.2 Å². The van der Waals surface area contributed by atoms with Crippen molar-refractivity contribution in [2.24, 2.45) is 17.6 Å². The highest BCUT2D eigenvalue weighted by Gasteiger charge is 2.32. The Morgan fingerprint density at radius 3 is 2.05 bits per heavy atom. The number of para-hydroxylation sites is 1. The zero-order valence-corrected chi connectivity index (χ0v) is 23.7. The van der Waals surface area contributed by atoms with Crippen molar-refractivity contribution in [2.45, 2.75) is 64.7 Å². The summed E-state index contributed by atoms with van der Waals surface area (Å²) in [6.07, 6.45) is 1.83. The fourth-order valence-electron chi connectivity index (χ4n) is 4.42. The van der Waals surface area contributed by atoms with E-state index in [1.54, 1.807) is 46.0 Å². The van der Waals surface area contributed by atoms with Gasteiger partial charge >= 0.3 is 5.97 Å². The summed E-state index contributed by atoms with van der Waals surface area (Å²) in [6, 6.07) is 9.39. The Kier molecular flexibility index (Phi) is 10.5. The number of hydrogen-bond donors (Lipinski definition) is 7. The molecule has 11 heteroatoms. The smallest absolute Gasteiger partial charge is 0.326 e. The highest BCUT2D eigenvalue weighted by Crippen LogP contribution is 2.19. The average Bonchev–Trinajstić information content (AvgIpc) is 3.33. The van der Waals surface area contributed by atoms with Crippen LogP contribution in [0, 0.1) is 11.8 Å². The minimum atomic E-state index is -1.24. The molecule has 4 atom stereocenters. The van der Waals surface area contributed by atoms with Crippen molar-refractivity contribution in [3.05, 3.63) is 65.9 Å². The fraction of sp³-hybridized carbons (Fsp3) is 0.400. The maximum atomic E-state index is 13.5. The van der Waals surface area contributed by atoms with Crippen molar-refractivity contribution in [2.75, 3.05) is 0 Å². The van der Waals surface area contributed by atoms with E-state index in [1.807, 2.05) is 24.3 Å². The molecule has 1 heterocycles. The Labute approximate surface area is 238 Å². The van der Waals surface area contributed by atoms with E-state index in [0.717, 1.165) is 16.5 Å². The normalized spacial score (nSPS) is 14.3. The highest BCUT2D eigenvalue weighted by molar-refractivity contribution is 5.94. The summed E-state index contributed by atoms with van der Waals surface area (Å²) in [5.41, 5.74) is 8.24. The van der Waals surface area contributed by atoms with Gasteiger partial charge in [0, 0.05) is 29.9 Å². The molecule has 220 valence electrons. The van der Waals surface area contributed by atoms with E-state index < -0.39 is 53.8 Å². The molecule has 1 aromatic heterocycles. The van der Waals surface area contributed by atoms with Gasteiger partial charge in [-0.1, -0.05) is 58.0 Å². The molecule has 2 aromatic carbocycles. The van der Waals surface area contributed by atoms with Crippen molar-refractivity contribution >= 4 is 34.6 Å². The van der Waals surface area contributed by atoms with Crippen LogP contribution < -0.4 is 21.7 Å². The van der Waals surface area contributed by atoms with Crippen LogP contribution in [0.2, 0.25) is 0 Å². The zero-order valence-electron chi connectivity index (χ0n) is 23.7. The van der Waals surface area contributed by atoms with Crippen LogP contribution in [0.4, 0.5) is 0 Å². The number of carboxylic acid groups (broad SMARTS) is 1. The molecule has 0 fully saturated rings. The maximum Gasteiger partial charge on any atom is 0.326 e. The SMILES string of the molecule is CC(C)C(N)C(=O)NC(Cc1ccc(O)cc1)C(=O)NC(C(=O)NC(Cc1c[nH]c2ccccc12)C(=O)O)C(C)C. The molecule has 0 saturated carbocycles. The maximum absolute atomic E-state index is 13.5. The lowest BCUT2D eigenvalue weighted by Gasteiger charge is -2.27. The second kappa shape index (κ2) is 13.8. The zero-order chi connectivity index (χ0) is 30.3. The number of hydrogen-bond acceptors (Lipinski definition) is 6. The number of nitrogens with one attached hydrogen (secondary N) is 4. The quantitative estimate of drug-likeness (QED) is 0.165.